The molecule has 0 atom stereocenters. The number of carboxylic acid groups (broad SMARTS) is 1. The Kier molecular flexibility index (Phi) is 4.70. The van der Waals surface area contributed by atoms with E-state index in [9.17, 15) is 18.3 Å². The Balaban J connectivity index is 2.47. The normalized spacial score (nSPS) is 11.5. The van der Waals surface area contributed by atoms with Crippen LogP contribution in [-0.4, -0.2) is 30.3 Å². The maximum atomic E-state index is 12.7. The fourth-order valence-corrected chi connectivity index (χ4v) is 4.40. The van der Waals surface area contributed by atoms with E-state index < -0.39 is 15.8 Å². The predicted molar refractivity (Wildman–Crippen MR) is 100 cm³/mol. The minimum atomic E-state index is -3.63. The summed E-state index contributed by atoms with van der Waals surface area (Å²) in [5.74, 6) is -1.00. The number of aromatic nitrogens is 1. The molecule has 3 rings (SSSR count). The van der Waals surface area contributed by atoms with Gasteiger partial charge in [-0.3, -0.25) is 4.79 Å². The number of para-hydroxylation sites is 1. The largest absolute Gasteiger partial charge is 0.481 e. The molecule has 5 nitrogen and oxygen atoms in total. The third kappa shape index (κ3) is 3.28. The lowest BCUT2D eigenvalue weighted by Gasteiger charge is -2.11. The average Bonchev–Trinajstić information content (AvgIpc) is 2.89. The minimum absolute atomic E-state index is 0.114. The molecule has 1 heterocycles. The quantitative estimate of drug-likeness (QED) is 0.747. The van der Waals surface area contributed by atoms with Gasteiger partial charge in [-0.1, -0.05) is 48.5 Å². The second-order valence-electron chi connectivity index (χ2n) is 6.12. The van der Waals surface area contributed by atoms with E-state index >= 15 is 0 Å². The zero-order valence-electron chi connectivity index (χ0n) is 14.5. The van der Waals surface area contributed by atoms with E-state index in [1.807, 2.05) is 24.3 Å². The summed E-state index contributed by atoms with van der Waals surface area (Å²) in [5, 5.41) is 9.49. The monoisotopic (exact) mass is 369 g/mol. The molecule has 0 fully saturated rings. The first-order valence-electron chi connectivity index (χ1n) is 8.07. The van der Waals surface area contributed by atoms with E-state index in [0.717, 1.165) is 6.26 Å². The number of carboxylic acids is 1. The Labute approximate surface area is 152 Å². The first-order chi connectivity index (χ1) is 12.3. The van der Waals surface area contributed by atoms with Gasteiger partial charge in [0.05, 0.1) is 6.42 Å². The smallest absolute Gasteiger partial charge is 0.307 e. The number of carbonyl (C=O) groups is 1. The van der Waals surface area contributed by atoms with Crippen LogP contribution in [0.5, 0.6) is 0 Å². The van der Waals surface area contributed by atoms with Crippen LogP contribution < -0.4 is 0 Å². The first-order valence-corrected chi connectivity index (χ1v) is 9.96. The number of hydrogen-bond donors (Lipinski definition) is 1. The molecular weight excluding hydrogens is 350 g/mol. The molecule has 0 spiro atoms. The molecule has 134 valence electrons. The molecule has 0 aliphatic carbocycles. The standard InChI is InChI=1S/C20H19NO4S/c1-14-17(13-18(22)23)19(15-9-5-3-6-10-15)20(26(2,24)25)21(14)16-11-7-4-8-12-16/h3-12H,13H2,1-2H3,(H,22,23). The molecular formula is C20H19NO4S. The van der Waals surface area contributed by atoms with Crippen LogP contribution >= 0.6 is 0 Å². The van der Waals surface area contributed by atoms with Gasteiger partial charge in [0.1, 0.15) is 5.03 Å². The van der Waals surface area contributed by atoms with Crippen LogP contribution in [0.3, 0.4) is 0 Å². The van der Waals surface area contributed by atoms with Gasteiger partial charge in [-0.05, 0) is 30.2 Å². The average molecular weight is 369 g/mol. The summed E-state index contributed by atoms with van der Waals surface area (Å²) < 4.78 is 27.0. The molecule has 1 aromatic heterocycles. The third-order valence-corrected chi connectivity index (χ3v) is 5.34. The molecule has 0 aliphatic heterocycles. The maximum absolute atomic E-state index is 12.7. The molecule has 0 unspecified atom stereocenters. The van der Waals surface area contributed by atoms with Crippen molar-refractivity contribution in [3.8, 4) is 16.8 Å². The predicted octanol–water partition coefficient (Wildman–Crippen LogP) is 3.48. The summed E-state index contributed by atoms with van der Waals surface area (Å²) >= 11 is 0. The van der Waals surface area contributed by atoms with Crippen molar-refractivity contribution in [3.63, 3.8) is 0 Å². The highest BCUT2D eigenvalue weighted by Gasteiger charge is 2.29. The Bertz CT molecular complexity index is 1050. The van der Waals surface area contributed by atoms with Crippen LogP contribution in [0.4, 0.5) is 0 Å². The molecule has 3 aromatic rings. The van der Waals surface area contributed by atoms with Crippen molar-refractivity contribution in [1.82, 2.24) is 4.57 Å². The highest BCUT2D eigenvalue weighted by molar-refractivity contribution is 7.90. The van der Waals surface area contributed by atoms with Gasteiger partial charge in [0, 0.05) is 23.2 Å². The third-order valence-electron chi connectivity index (χ3n) is 4.25. The van der Waals surface area contributed by atoms with E-state index in [4.69, 9.17) is 0 Å². The summed E-state index contributed by atoms with van der Waals surface area (Å²) in [7, 11) is -3.63. The van der Waals surface area contributed by atoms with Crippen molar-refractivity contribution >= 4 is 15.8 Å². The van der Waals surface area contributed by atoms with Crippen molar-refractivity contribution in [1.29, 1.82) is 0 Å². The summed E-state index contributed by atoms with van der Waals surface area (Å²) in [5.41, 5.74) is 2.93. The van der Waals surface area contributed by atoms with Crippen molar-refractivity contribution in [2.24, 2.45) is 0 Å². The number of sulfone groups is 1. The fraction of sp³-hybridized carbons (Fsp3) is 0.150. The molecule has 2 aromatic carbocycles. The summed E-state index contributed by atoms with van der Waals surface area (Å²) in [6, 6.07) is 18.1. The fourth-order valence-electron chi connectivity index (χ4n) is 3.22. The van der Waals surface area contributed by atoms with Gasteiger partial charge in [0.2, 0.25) is 0 Å². The van der Waals surface area contributed by atoms with Gasteiger partial charge in [0.25, 0.3) is 0 Å². The van der Waals surface area contributed by atoms with E-state index in [1.54, 1.807) is 47.9 Å². The molecule has 6 heteroatoms. The first kappa shape index (κ1) is 17.9. The van der Waals surface area contributed by atoms with Crippen molar-refractivity contribution in [2.75, 3.05) is 6.26 Å². The van der Waals surface area contributed by atoms with Gasteiger partial charge in [-0.2, -0.15) is 0 Å². The van der Waals surface area contributed by atoms with Crippen LogP contribution in [0, 0.1) is 6.92 Å². The Morgan fingerprint density at radius 3 is 2.04 bits per heavy atom. The van der Waals surface area contributed by atoms with Gasteiger partial charge in [-0.25, -0.2) is 8.42 Å². The van der Waals surface area contributed by atoms with Crippen molar-refractivity contribution in [3.05, 3.63) is 71.9 Å². The van der Waals surface area contributed by atoms with Gasteiger partial charge in [-0.15, -0.1) is 0 Å². The Hall–Kier alpha value is -2.86. The van der Waals surface area contributed by atoms with E-state index in [-0.39, 0.29) is 11.4 Å². The summed E-state index contributed by atoms with van der Waals surface area (Å²) in [6.45, 7) is 1.76. The summed E-state index contributed by atoms with van der Waals surface area (Å²) in [4.78, 5) is 11.5. The second kappa shape index (κ2) is 6.80. The van der Waals surface area contributed by atoms with E-state index in [2.05, 4.69) is 0 Å². The zero-order valence-corrected chi connectivity index (χ0v) is 15.3. The van der Waals surface area contributed by atoms with Gasteiger partial charge in [0.15, 0.2) is 9.84 Å². The molecule has 26 heavy (non-hydrogen) atoms. The maximum Gasteiger partial charge on any atom is 0.307 e. The van der Waals surface area contributed by atoms with Gasteiger partial charge >= 0.3 is 5.97 Å². The van der Waals surface area contributed by atoms with E-state index in [0.29, 0.717) is 28.1 Å². The van der Waals surface area contributed by atoms with Gasteiger partial charge < -0.3 is 9.67 Å². The Morgan fingerprint density at radius 1 is 1.00 bits per heavy atom. The lowest BCUT2D eigenvalue weighted by Crippen LogP contribution is -2.08. The van der Waals surface area contributed by atoms with Crippen LogP contribution in [0.25, 0.3) is 16.8 Å². The minimum Gasteiger partial charge on any atom is -0.481 e. The number of nitrogens with zero attached hydrogens (tertiary/aromatic N) is 1. The molecule has 0 saturated carbocycles. The number of aliphatic carboxylic acids is 1. The van der Waals surface area contributed by atoms with Crippen LogP contribution in [0.15, 0.2) is 65.7 Å². The molecule has 0 aliphatic rings. The lowest BCUT2D eigenvalue weighted by molar-refractivity contribution is -0.136. The number of hydrogen-bond acceptors (Lipinski definition) is 3. The van der Waals surface area contributed by atoms with E-state index in [1.165, 1.54) is 0 Å². The lowest BCUT2D eigenvalue weighted by atomic mass is 10.0. The molecule has 0 bridgehead atoms. The zero-order chi connectivity index (χ0) is 18.9. The van der Waals surface area contributed by atoms with Crippen LogP contribution in [0.2, 0.25) is 0 Å². The topological polar surface area (TPSA) is 76.4 Å². The summed E-state index contributed by atoms with van der Waals surface area (Å²) in [6.07, 6.45) is 0.899. The highest BCUT2D eigenvalue weighted by atomic mass is 32.2. The SMILES string of the molecule is Cc1c(CC(=O)O)c(-c2ccccc2)c(S(C)(=O)=O)n1-c1ccccc1. The van der Waals surface area contributed by atoms with Crippen LogP contribution in [-0.2, 0) is 21.1 Å². The molecule has 0 saturated heterocycles. The van der Waals surface area contributed by atoms with Crippen molar-refractivity contribution in [2.45, 2.75) is 18.4 Å². The Morgan fingerprint density at radius 2 is 1.54 bits per heavy atom. The number of rotatable bonds is 5. The molecule has 1 N–H and O–H groups in total. The highest BCUT2D eigenvalue weighted by Crippen LogP contribution is 2.38. The molecule has 0 amide bonds. The van der Waals surface area contributed by atoms with Crippen LogP contribution in [0.1, 0.15) is 11.3 Å². The second-order valence-corrected chi connectivity index (χ2v) is 8.05. The molecule has 0 radical (unpaired) electrons. The number of benzene rings is 2. The van der Waals surface area contributed by atoms with Crippen molar-refractivity contribution < 1.29 is 18.3 Å².